The number of hydrogen-bond donors (Lipinski definition) is 0. The summed E-state index contributed by atoms with van der Waals surface area (Å²) in [6.45, 7) is 2.11. The molecule has 0 spiro atoms. The van der Waals surface area contributed by atoms with Gasteiger partial charge in [0.25, 0.3) is 0 Å². The highest BCUT2D eigenvalue weighted by molar-refractivity contribution is 5.65. The number of ether oxygens (including phenoxy) is 1. The van der Waals surface area contributed by atoms with Crippen LogP contribution in [0.1, 0.15) is 49.7 Å². The van der Waals surface area contributed by atoms with E-state index in [2.05, 4.69) is 11.7 Å². The minimum absolute atomic E-state index is 0.0458. The van der Waals surface area contributed by atoms with E-state index in [1.165, 1.54) is 6.07 Å². The Morgan fingerprint density at radius 3 is 1.94 bits per heavy atom. The van der Waals surface area contributed by atoms with E-state index < -0.39 is 63.5 Å². The molecule has 4 rings (SSSR count). The smallest absolute Gasteiger partial charge is 0.426 e. The zero-order valence-corrected chi connectivity index (χ0v) is 18.5. The lowest BCUT2D eigenvalue weighted by Crippen LogP contribution is -2.24. The first-order valence-corrected chi connectivity index (χ1v) is 11.0. The molecule has 1 aliphatic carbocycles. The second-order valence-electron chi connectivity index (χ2n) is 8.81. The number of rotatable bonds is 5. The van der Waals surface area contributed by atoms with E-state index >= 15 is 0 Å². The zero-order valence-electron chi connectivity index (χ0n) is 18.5. The Hall–Kier alpha value is -3.10. The van der Waals surface area contributed by atoms with Gasteiger partial charge in [-0.3, -0.25) is 0 Å². The molecule has 0 heterocycles. The molecule has 0 amide bonds. The topological polar surface area (TPSA) is 9.23 Å². The highest BCUT2D eigenvalue weighted by Gasteiger charge is 2.39. The van der Waals surface area contributed by atoms with Crippen molar-refractivity contribution >= 4 is 0 Å². The number of halogens is 8. The van der Waals surface area contributed by atoms with E-state index in [1.807, 2.05) is 0 Å². The van der Waals surface area contributed by atoms with Gasteiger partial charge in [-0.25, -0.2) is 22.0 Å². The van der Waals surface area contributed by atoms with Crippen molar-refractivity contribution in [1.82, 2.24) is 0 Å². The van der Waals surface area contributed by atoms with Crippen LogP contribution in [0.2, 0.25) is 0 Å². The van der Waals surface area contributed by atoms with E-state index in [4.69, 9.17) is 0 Å². The van der Waals surface area contributed by atoms with Crippen LogP contribution in [-0.4, -0.2) is 0 Å². The van der Waals surface area contributed by atoms with Crippen molar-refractivity contribution in [2.24, 2.45) is 5.92 Å². The molecule has 1 aliphatic rings. The third-order valence-electron chi connectivity index (χ3n) is 6.37. The molecule has 1 fully saturated rings. The third kappa shape index (κ3) is 4.99. The quantitative estimate of drug-likeness (QED) is 0.252. The van der Waals surface area contributed by atoms with Gasteiger partial charge in [0.05, 0.1) is 5.56 Å². The molecule has 3 aromatic carbocycles. The summed E-state index contributed by atoms with van der Waals surface area (Å²) in [6.07, 6.45) is -0.833. The van der Waals surface area contributed by atoms with Gasteiger partial charge in [0.2, 0.25) is 5.82 Å². The highest BCUT2D eigenvalue weighted by atomic mass is 19.3. The molecular formula is C26H20F8O. The lowest BCUT2D eigenvalue weighted by Gasteiger charge is -2.27. The third-order valence-corrected chi connectivity index (χ3v) is 6.37. The fraction of sp³-hybridized carbons (Fsp3) is 0.308. The maximum Gasteiger partial charge on any atom is 0.429 e. The molecule has 0 bridgehead atoms. The maximum absolute atomic E-state index is 14.7. The van der Waals surface area contributed by atoms with Crippen LogP contribution in [0.25, 0.3) is 11.1 Å². The second kappa shape index (κ2) is 9.51. The molecule has 35 heavy (non-hydrogen) atoms. The number of alkyl halides is 2. The summed E-state index contributed by atoms with van der Waals surface area (Å²) in [4.78, 5) is 0. The van der Waals surface area contributed by atoms with Crippen molar-refractivity contribution in [2.75, 3.05) is 0 Å². The summed E-state index contributed by atoms with van der Waals surface area (Å²) in [6, 6.07) is 5.43. The van der Waals surface area contributed by atoms with E-state index in [1.54, 1.807) is 0 Å². The first-order valence-electron chi connectivity index (χ1n) is 11.0. The molecule has 0 aromatic heterocycles. The second-order valence-corrected chi connectivity index (χ2v) is 8.81. The van der Waals surface area contributed by atoms with Gasteiger partial charge < -0.3 is 4.74 Å². The van der Waals surface area contributed by atoms with E-state index in [0.717, 1.165) is 43.9 Å². The largest absolute Gasteiger partial charge is 0.429 e. The van der Waals surface area contributed by atoms with Crippen molar-refractivity contribution in [3.63, 3.8) is 0 Å². The monoisotopic (exact) mass is 500 g/mol. The molecule has 9 heteroatoms. The molecule has 0 aliphatic heterocycles. The molecule has 0 unspecified atom stereocenters. The van der Waals surface area contributed by atoms with Gasteiger partial charge in [-0.05, 0) is 72.2 Å². The predicted octanol–water partition coefficient (Wildman–Crippen LogP) is 8.61. The van der Waals surface area contributed by atoms with Crippen LogP contribution in [0.3, 0.4) is 0 Å². The summed E-state index contributed by atoms with van der Waals surface area (Å²) < 4.78 is 118. The molecule has 1 nitrogen and oxygen atoms in total. The Morgan fingerprint density at radius 2 is 1.34 bits per heavy atom. The van der Waals surface area contributed by atoms with E-state index in [9.17, 15) is 35.1 Å². The average Bonchev–Trinajstić information content (AvgIpc) is 2.80. The molecule has 3 aromatic rings. The first-order chi connectivity index (χ1) is 16.5. The summed E-state index contributed by atoms with van der Waals surface area (Å²) in [5.41, 5.74) is -1.85. The minimum Gasteiger partial charge on any atom is -0.426 e. The first kappa shape index (κ1) is 25.0. The van der Waals surface area contributed by atoms with Crippen LogP contribution in [0, 0.1) is 40.8 Å². The average molecular weight is 500 g/mol. The Kier molecular flexibility index (Phi) is 6.79. The van der Waals surface area contributed by atoms with Crippen molar-refractivity contribution in [1.29, 1.82) is 0 Å². The molecule has 0 radical (unpaired) electrons. The summed E-state index contributed by atoms with van der Waals surface area (Å²) in [5, 5.41) is 0. The summed E-state index contributed by atoms with van der Waals surface area (Å²) in [5.74, 6) is -10.6. The lowest BCUT2D eigenvalue weighted by molar-refractivity contribution is -0.189. The molecule has 0 atom stereocenters. The molecule has 0 saturated heterocycles. The molecule has 1 saturated carbocycles. The van der Waals surface area contributed by atoms with E-state index in [-0.39, 0.29) is 5.92 Å². The van der Waals surface area contributed by atoms with Crippen molar-refractivity contribution < 1.29 is 39.9 Å². The Bertz CT molecular complexity index is 1230. The Labute approximate surface area is 196 Å². The number of benzene rings is 3. The Balaban J connectivity index is 1.59. The van der Waals surface area contributed by atoms with Crippen LogP contribution in [-0.2, 0) is 6.11 Å². The SMILES string of the molecule is CC1CCC(c2ccc(C(F)(F)Oc3ccc(-c4cc(F)c(F)c(F)c4)c(F)c3F)c(F)c2)CC1. The predicted molar refractivity (Wildman–Crippen MR) is 113 cm³/mol. The van der Waals surface area contributed by atoms with Crippen molar-refractivity contribution in [3.8, 4) is 16.9 Å². The molecule has 186 valence electrons. The molecular weight excluding hydrogens is 480 g/mol. The number of hydrogen-bond acceptors (Lipinski definition) is 1. The van der Waals surface area contributed by atoms with Crippen molar-refractivity contribution in [2.45, 2.75) is 44.6 Å². The lowest BCUT2D eigenvalue weighted by atomic mass is 9.79. The normalized spacial score (nSPS) is 18.5. The minimum atomic E-state index is -4.35. The van der Waals surface area contributed by atoms with Gasteiger partial charge in [0, 0.05) is 5.56 Å². The van der Waals surface area contributed by atoms with Crippen LogP contribution in [0.4, 0.5) is 35.1 Å². The Morgan fingerprint density at radius 1 is 0.714 bits per heavy atom. The van der Waals surface area contributed by atoms with Gasteiger partial charge >= 0.3 is 6.11 Å². The zero-order chi connectivity index (χ0) is 25.5. The maximum atomic E-state index is 14.7. The van der Waals surface area contributed by atoms with Crippen molar-refractivity contribution in [3.05, 3.63) is 88.5 Å². The van der Waals surface area contributed by atoms with Gasteiger partial charge in [0.15, 0.2) is 29.0 Å². The summed E-state index contributed by atoms with van der Waals surface area (Å²) >= 11 is 0. The molecule has 0 N–H and O–H groups in total. The van der Waals surface area contributed by atoms with Gasteiger partial charge in [-0.1, -0.05) is 25.8 Å². The summed E-state index contributed by atoms with van der Waals surface area (Å²) in [7, 11) is 0. The fourth-order valence-corrected chi connectivity index (χ4v) is 4.35. The van der Waals surface area contributed by atoms with E-state index in [0.29, 0.717) is 29.7 Å². The van der Waals surface area contributed by atoms with Crippen LogP contribution in [0.5, 0.6) is 5.75 Å². The van der Waals surface area contributed by atoms with Gasteiger partial charge in [-0.2, -0.15) is 13.2 Å². The standard InChI is InChI=1S/C26H20F8O/c1-13-2-4-14(5-3-13)15-6-8-18(19(27)10-15)26(33,34)35-22-9-7-17(23(30)25(22)32)16-11-20(28)24(31)21(29)12-16/h6-14H,2-5H2,1H3. The van der Waals surface area contributed by atoms with Crippen LogP contribution >= 0.6 is 0 Å². The fourth-order valence-electron chi connectivity index (χ4n) is 4.35. The van der Waals surface area contributed by atoms with Crippen LogP contribution in [0.15, 0.2) is 42.5 Å². The van der Waals surface area contributed by atoms with Crippen LogP contribution < -0.4 is 4.74 Å². The van der Waals surface area contributed by atoms with Gasteiger partial charge in [-0.15, -0.1) is 0 Å². The van der Waals surface area contributed by atoms with Gasteiger partial charge in [0.1, 0.15) is 5.82 Å². The highest BCUT2D eigenvalue weighted by Crippen LogP contribution is 2.40.